The molecule has 1 aliphatic rings. The van der Waals surface area contributed by atoms with E-state index in [4.69, 9.17) is 9.47 Å². The topological polar surface area (TPSA) is 38.8 Å². The molecule has 0 radical (unpaired) electrons. The third-order valence-electron chi connectivity index (χ3n) is 2.85. The highest BCUT2D eigenvalue weighted by molar-refractivity contribution is 9.10. The molecule has 1 amide bonds. The average Bonchev–Trinajstić information content (AvgIpc) is 2.64. The molecule has 0 spiro atoms. The van der Waals surface area contributed by atoms with Gasteiger partial charge in [0.25, 0.3) is 0 Å². The standard InChI is InChI=1S/C14H18BrNO3/c1-14(2,3)19-13(17)16-8-9-5-6-10(15)7-11(9)12(16)18-4/h5-7,12H,8H2,1-4H3. The van der Waals surface area contributed by atoms with Gasteiger partial charge in [-0.3, -0.25) is 4.90 Å². The van der Waals surface area contributed by atoms with Gasteiger partial charge in [0.1, 0.15) is 5.60 Å². The average molecular weight is 328 g/mol. The summed E-state index contributed by atoms with van der Waals surface area (Å²) in [5.74, 6) is 0. The van der Waals surface area contributed by atoms with E-state index in [2.05, 4.69) is 15.9 Å². The zero-order valence-corrected chi connectivity index (χ0v) is 13.2. The minimum absolute atomic E-state index is 0.355. The van der Waals surface area contributed by atoms with Crippen LogP contribution in [0.1, 0.15) is 38.1 Å². The molecule has 1 aliphatic heterocycles. The summed E-state index contributed by atoms with van der Waals surface area (Å²) in [4.78, 5) is 13.8. The summed E-state index contributed by atoms with van der Waals surface area (Å²) in [5, 5.41) is 0. The maximum atomic E-state index is 12.2. The Hall–Kier alpha value is -1.07. The van der Waals surface area contributed by atoms with E-state index in [0.717, 1.165) is 15.6 Å². The van der Waals surface area contributed by atoms with Crippen LogP contribution in [0.2, 0.25) is 0 Å². The lowest BCUT2D eigenvalue weighted by molar-refractivity contribution is -0.0448. The molecule has 0 N–H and O–H groups in total. The second kappa shape index (κ2) is 5.13. The van der Waals surface area contributed by atoms with Crippen LogP contribution in [0.15, 0.2) is 22.7 Å². The van der Waals surface area contributed by atoms with Crippen molar-refractivity contribution in [2.45, 2.75) is 39.1 Å². The highest BCUT2D eigenvalue weighted by atomic mass is 79.9. The van der Waals surface area contributed by atoms with Crippen molar-refractivity contribution in [2.75, 3.05) is 7.11 Å². The molecule has 0 aliphatic carbocycles. The molecule has 1 aromatic rings. The molecule has 0 bridgehead atoms. The largest absolute Gasteiger partial charge is 0.444 e. The van der Waals surface area contributed by atoms with Crippen molar-refractivity contribution < 1.29 is 14.3 Å². The van der Waals surface area contributed by atoms with Gasteiger partial charge in [-0.15, -0.1) is 0 Å². The lowest BCUT2D eigenvalue weighted by atomic mass is 10.1. The van der Waals surface area contributed by atoms with Gasteiger partial charge in [-0.05, 0) is 38.5 Å². The summed E-state index contributed by atoms with van der Waals surface area (Å²) in [6, 6.07) is 5.94. The summed E-state index contributed by atoms with van der Waals surface area (Å²) in [6.07, 6.45) is -0.742. The quantitative estimate of drug-likeness (QED) is 0.786. The number of hydrogen-bond acceptors (Lipinski definition) is 3. The first-order valence-corrected chi connectivity index (χ1v) is 6.92. The number of rotatable bonds is 1. The van der Waals surface area contributed by atoms with Crippen LogP contribution in [0.5, 0.6) is 0 Å². The number of carbonyl (C=O) groups excluding carboxylic acids is 1. The van der Waals surface area contributed by atoms with Crippen molar-refractivity contribution in [1.82, 2.24) is 4.90 Å². The number of ether oxygens (including phenoxy) is 2. The molecule has 1 unspecified atom stereocenters. The predicted octanol–water partition coefficient (Wildman–Crippen LogP) is 3.84. The van der Waals surface area contributed by atoms with Crippen molar-refractivity contribution in [1.29, 1.82) is 0 Å². The van der Waals surface area contributed by atoms with Gasteiger partial charge in [0.2, 0.25) is 0 Å². The number of methoxy groups -OCH3 is 1. The summed E-state index contributed by atoms with van der Waals surface area (Å²) in [7, 11) is 1.60. The minimum Gasteiger partial charge on any atom is -0.444 e. The third-order valence-corrected chi connectivity index (χ3v) is 3.34. The van der Waals surface area contributed by atoms with Crippen molar-refractivity contribution in [3.63, 3.8) is 0 Å². The Balaban J connectivity index is 2.24. The molecule has 2 rings (SSSR count). The van der Waals surface area contributed by atoms with Crippen LogP contribution in [0.3, 0.4) is 0 Å². The normalized spacial score (nSPS) is 18.4. The summed E-state index contributed by atoms with van der Waals surface area (Å²) in [6.45, 7) is 6.07. The van der Waals surface area contributed by atoms with Crippen LogP contribution in [0, 0.1) is 0 Å². The van der Waals surface area contributed by atoms with E-state index in [1.807, 2.05) is 39.0 Å². The number of halogens is 1. The molecule has 1 atom stereocenters. The smallest absolute Gasteiger partial charge is 0.412 e. The molecule has 104 valence electrons. The van der Waals surface area contributed by atoms with E-state index in [0.29, 0.717) is 6.54 Å². The molecule has 0 aromatic heterocycles. The molecule has 1 aromatic carbocycles. The molecular weight excluding hydrogens is 310 g/mol. The van der Waals surface area contributed by atoms with Crippen LogP contribution in [-0.4, -0.2) is 23.7 Å². The highest BCUT2D eigenvalue weighted by Gasteiger charge is 2.36. The Morgan fingerprint density at radius 1 is 1.42 bits per heavy atom. The lowest BCUT2D eigenvalue weighted by Gasteiger charge is -2.28. The number of benzene rings is 1. The summed E-state index contributed by atoms with van der Waals surface area (Å²) >= 11 is 3.44. The van der Waals surface area contributed by atoms with Crippen molar-refractivity contribution in [2.24, 2.45) is 0 Å². The van der Waals surface area contributed by atoms with E-state index < -0.39 is 5.60 Å². The second-order valence-electron chi connectivity index (χ2n) is 5.54. The second-order valence-corrected chi connectivity index (χ2v) is 6.46. The molecule has 0 fully saturated rings. The minimum atomic E-state index is -0.509. The molecule has 0 saturated carbocycles. The SMILES string of the molecule is COC1c2cc(Br)ccc2CN1C(=O)OC(C)(C)C. The molecule has 1 heterocycles. The first-order valence-electron chi connectivity index (χ1n) is 6.12. The number of amides is 1. The van der Waals surface area contributed by atoms with Crippen LogP contribution in [0.4, 0.5) is 4.79 Å². The zero-order valence-electron chi connectivity index (χ0n) is 11.6. The Bertz CT molecular complexity index is 496. The Labute approximate surface area is 121 Å². The number of carbonyl (C=O) groups is 1. The third kappa shape index (κ3) is 3.09. The molecule has 4 nitrogen and oxygen atoms in total. The molecule has 0 saturated heterocycles. The van der Waals surface area contributed by atoms with Crippen LogP contribution >= 0.6 is 15.9 Å². The molecular formula is C14H18BrNO3. The first kappa shape index (κ1) is 14.3. The maximum Gasteiger partial charge on any atom is 0.412 e. The van der Waals surface area contributed by atoms with Gasteiger partial charge in [0.05, 0.1) is 6.54 Å². The number of hydrogen-bond donors (Lipinski definition) is 0. The van der Waals surface area contributed by atoms with Gasteiger partial charge in [-0.25, -0.2) is 4.79 Å². The zero-order chi connectivity index (χ0) is 14.2. The lowest BCUT2D eigenvalue weighted by Crippen LogP contribution is -2.36. The number of nitrogens with zero attached hydrogens (tertiary/aromatic N) is 1. The monoisotopic (exact) mass is 327 g/mol. The van der Waals surface area contributed by atoms with Crippen molar-refractivity contribution in [3.05, 3.63) is 33.8 Å². The number of fused-ring (bicyclic) bond motifs is 1. The van der Waals surface area contributed by atoms with Crippen LogP contribution in [-0.2, 0) is 16.0 Å². The van der Waals surface area contributed by atoms with E-state index in [9.17, 15) is 4.79 Å². The molecule has 19 heavy (non-hydrogen) atoms. The van der Waals surface area contributed by atoms with Gasteiger partial charge in [-0.2, -0.15) is 0 Å². The van der Waals surface area contributed by atoms with Gasteiger partial charge in [0.15, 0.2) is 6.23 Å². The van der Waals surface area contributed by atoms with Crippen molar-refractivity contribution in [3.8, 4) is 0 Å². The van der Waals surface area contributed by atoms with Crippen molar-refractivity contribution >= 4 is 22.0 Å². The van der Waals surface area contributed by atoms with E-state index in [1.54, 1.807) is 12.0 Å². The van der Waals surface area contributed by atoms with Gasteiger partial charge >= 0.3 is 6.09 Å². The molecule has 5 heteroatoms. The van der Waals surface area contributed by atoms with Gasteiger partial charge < -0.3 is 9.47 Å². The highest BCUT2D eigenvalue weighted by Crippen LogP contribution is 2.36. The fourth-order valence-electron chi connectivity index (χ4n) is 2.11. The first-order chi connectivity index (χ1) is 8.81. The summed E-state index contributed by atoms with van der Waals surface area (Å²) in [5.41, 5.74) is 1.58. The fourth-order valence-corrected chi connectivity index (χ4v) is 2.49. The summed E-state index contributed by atoms with van der Waals surface area (Å²) < 4.78 is 11.8. The van der Waals surface area contributed by atoms with Gasteiger partial charge in [-0.1, -0.05) is 22.0 Å². The Morgan fingerprint density at radius 3 is 2.68 bits per heavy atom. The predicted molar refractivity (Wildman–Crippen MR) is 75.7 cm³/mol. The fraction of sp³-hybridized carbons (Fsp3) is 0.500. The van der Waals surface area contributed by atoms with E-state index in [1.165, 1.54) is 0 Å². The van der Waals surface area contributed by atoms with E-state index >= 15 is 0 Å². The van der Waals surface area contributed by atoms with E-state index in [-0.39, 0.29) is 12.3 Å². The van der Waals surface area contributed by atoms with Crippen LogP contribution < -0.4 is 0 Å². The maximum absolute atomic E-state index is 12.2. The van der Waals surface area contributed by atoms with Crippen LogP contribution in [0.25, 0.3) is 0 Å². The Kier molecular flexibility index (Phi) is 3.87. The Morgan fingerprint density at radius 2 is 2.11 bits per heavy atom. The van der Waals surface area contributed by atoms with Gasteiger partial charge in [0, 0.05) is 17.1 Å².